The second-order valence-electron chi connectivity index (χ2n) is 5.50. The van der Waals surface area contributed by atoms with E-state index in [-0.39, 0.29) is 11.7 Å². The van der Waals surface area contributed by atoms with Gasteiger partial charge in [0, 0.05) is 13.1 Å². The van der Waals surface area contributed by atoms with Crippen molar-refractivity contribution in [2.75, 3.05) is 13.1 Å². The molecule has 5 heteroatoms. The minimum Gasteiger partial charge on any atom is -0.409 e. The third kappa shape index (κ3) is 2.94. The molecule has 1 aliphatic heterocycles. The van der Waals surface area contributed by atoms with Crippen LogP contribution in [-0.2, 0) is 4.79 Å². The first kappa shape index (κ1) is 14.8. The summed E-state index contributed by atoms with van der Waals surface area (Å²) >= 11 is 0. The fourth-order valence-electron chi connectivity index (χ4n) is 2.37. The molecule has 0 aromatic rings. The van der Waals surface area contributed by atoms with Gasteiger partial charge in [0.1, 0.15) is 5.41 Å². The first-order chi connectivity index (χ1) is 8.45. The van der Waals surface area contributed by atoms with Crippen LogP contribution in [0.5, 0.6) is 0 Å². The number of nitrogens with two attached hydrogens (primary N) is 1. The molecule has 0 radical (unpaired) electrons. The molecule has 3 N–H and O–H groups in total. The summed E-state index contributed by atoms with van der Waals surface area (Å²) < 4.78 is 0. The van der Waals surface area contributed by atoms with Gasteiger partial charge in [-0.25, -0.2) is 0 Å². The van der Waals surface area contributed by atoms with Crippen LogP contribution in [-0.4, -0.2) is 34.9 Å². The van der Waals surface area contributed by atoms with Gasteiger partial charge in [-0.15, -0.1) is 0 Å². The number of rotatable bonds is 3. The molecule has 1 rings (SSSR count). The minimum absolute atomic E-state index is 0.00676. The van der Waals surface area contributed by atoms with Gasteiger partial charge < -0.3 is 15.8 Å². The van der Waals surface area contributed by atoms with Crippen LogP contribution in [0.3, 0.4) is 0 Å². The van der Waals surface area contributed by atoms with Gasteiger partial charge in [-0.3, -0.25) is 4.79 Å². The molecule has 0 saturated carbocycles. The van der Waals surface area contributed by atoms with Crippen LogP contribution in [0.15, 0.2) is 5.16 Å². The topological polar surface area (TPSA) is 78.9 Å². The first-order valence-electron chi connectivity index (χ1n) is 6.73. The van der Waals surface area contributed by atoms with Crippen LogP contribution >= 0.6 is 0 Å². The van der Waals surface area contributed by atoms with Crippen molar-refractivity contribution in [2.45, 2.75) is 46.5 Å². The molecule has 18 heavy (non-hydrogen) atoms. The van der Waals surface area contributed by atoms with Crippen LogP contribution in [0.1, 0.15) is 46.5 Å². The lowest BCUT2D eigenvalue weighted by Crippen LogP contribution is -2.49. The summed E-state index contributed by atoms with van der Waals surface area (Å²) in [5.74, 6) is 0.654. The second kappa shape index (κ2) is 6.07. The normalized spacial score (nSPS) is 25.4. The van der Waals surface area contributed by atoms with E-state index in [1.807, 2.05) is 11.8 Å². The summed E-state index contributed by atoms with van der Waals surface area (Å²) in [5, 5.41) is 11.9. The summed E-state index contributed by atoms with van der Waals surface area (Å²) in [4.78, 5) is 14.4. The van der Waals surface area contributed by atoms with Gasteiger partial charge in [0.2, 0.25) is 5.91 Å². The highest BCUT2D eigenvalue weighted by Crippen LogP contribution is 2.27. The lowest BCUT2D eigenvalue weighted by molar-refractivity contribution is -0.137. The predicted molar refractivity (Wildman–Crippen MR) is 71.4 cm³/mol. The summed E-state index contributed by atoms with van der Waals surface area (Å²) in [7, 11) is 0. The molecule has 1 aliphatic rings. The molecular formula is C13H25N3O2. The van der Waals surface area contributed by atoms with Gasteiger partial charge in [-0.05, 0) is 38.5 Å². The van der Waals surface area contributed by atoms with E-state index in [0.29, 0.717) is 12.3 Å². The lowest BCUT2D eigenvalue weighted by atomic mass is 9.84. The average Bonchev–Trinajstić information content (AvgIpc) is 2.60. The summed E-state index contributed by atoms with van der Waals surface area (Å²) in [6.45, 7) is 7.40. The zero-order valence-electron chi connectivity index (χ0n) is 11.6. The molecule has 1 saturated heterocycles. The highest BCUT2D eigenvalue weighted by atomic mass is 16.4. The SMILES string of the molecule is CCC(C)(C(=O)N1CCCC(C)CC1)C(N)=NO. The smallest absolute Gasteiger partial charge is 0.236 e. The van der Waals surface area contributed by atoms with Crippen molar-refractivity contribution in [1.82, 2.24) is 4.90 Å². The van der Waals surface area contributed by atoms with E-state index in [1.54, 1.807) is 6.92 Å². The van der Waals surface area contributed by atoms with Crippen LogP contribution in [0.4, 0.5) is 0 Å². The van der Waals surface area contributed by atoms with Crippen molar-refractivity contribution in [3.63, 3.8) is 0 Å². The highest BCUT2D eigenvalue weighted by molar-refractivity contribution is 6.06. The van der Waals surface area contributed by atoms with Crippen molar-refractivity contribution in [3.05, 3.63) is 0 Å². The Morgan fingerprint density at radius 2 is 2.17 bits per heavy atom. The maximum absolute atomic E-state index is 12.6. The molecule has 0 aromatic carbocycles. The quantitative estimate of drug-likeness (QED) is 0.349. The molecule has 0 aliphatic carbocycles. The fraction of sp³-hybridized carbons (Fsp3) is 0.846. The first-order valence-corrected chi connectivity index (χ1v) is 6.73. The van der Waals surface area contributed by atoms with Crippen LogP contribution in [0.2, 0.25) is 0 Å². The number of amides is 1. The van der Waals surface area contributed by atoms with Crippen LogP contribution in [0, 0.1) is 11.3 Å². The molecule has 1 heterocycles. The van der Waals surface area contributed by atoms with Gasteiger partial charge >= 0.3 is 0 Å². The van der Waals surface area contributed by atoms with Crippen molar-refractivity contribution in [2.24, 2.45) is 22.2 Å². The molecule has 2 atom stereocenters. The van der Waals surface area contributed by atoms with Gasteiger partial charge in [-0.2, -0.15) is 0 Å². The maximum atomic E-state index is 12.6. The number of hydrogen-bond donors (Lipinski definition) is 2. The van der Waals surface area contributed by atoms with E-state index >= 15 is 0 Å². The number of carbonyl (C=O) groups excluding carboxylic acids is 1. The van der Waals surface area contributed by atoms with Gasteiger partial charge in [0.25, 0.3) is 0 Å². The lowest BCUT2D eigenvalue weighted by Gasteiger charge is -2.32. The number of carbonyl (C=O) groups is 1. The fourth-order valence-corrected chi connectivity index (χ4v) is 2.37. The third-order valence-electron chi connectivity index (χ3n) is 4.16. The Balaban J connectivity index is 2.84. The Morgan fingerprint density at radius 3 is 2.72 bits per heavy atom. The molecule has 0 aromatic heterocycles. The zero-order chi connectivity index (χ0) is 13.8. The molecule has 1 fully saturated rings. The van der Waals surface area contributed by atoms with E-state index < -0.39 is 5.41 Å². The molecular weight excluding hydrogens is 230 g/mol. The van der Waals surface area contributed by atoms with Crippen molar-refractivity contribution in [1.29, 1.82) is 0 Å². The number of likely N-dealkylation sites (tertiary alicyclic amines) is 1. The number of amidine groups is 1. The number of nitrogens with zero attached hydrogens (tertiary/aromatic N) is 2. The number of hydrogen-bond acceptors (Lipinski definition) is 3. The largest absolute Gasteiger partial charge is 0.409 e. The Morgan fingerprint density at radius 1 is 1.50 bits per heavy atom. The highest BCUT2D eigenvalue weighted by Gasteiger charge is 2.39. The maximum Gasteiger partial charge on any atom is 0.236 e. The van der Waals surface area contributed by atoms with Crippen molar-refractivity contribution in [3.8, 4) is 0 Å². The van der Waals surface area contributed by atoms with E-state index in [9.17, 15) is 4.79 Å². The molecule has 1 amide bonds. The van der Waals surface area contributed by atoms with Crippen molar-refractivity contribution < 1.29 is 10.0 Å². The predicted octanol–water partition coefficient (Wildman–Crippen LogP) is 1.80. The van der Waals surface area contributed by atoms with E-state index in [2.05, 4.69) is 12.1 Å². The minimum atomic E-state index is -0.887. The zero-order valence-corrected chi connectivity index (χ0v) is 11.6. The van der Waals surface area contributed by atoms with E-state index in [4.69, 9.17) is 10.9 Å². The molecule has 5 nitrogen and oxygen atoms in total. The second-order valence-corrected chi connectivity index (χ2v) is 5.50. The van der Waals surface area contributed by atoms with Crippen LogP contribution in [0.25, 0.3) is 0 Å². The molecule has 104 valence electrons. The average molecular weight is 255 g/mol. The van der Waals surface area contributed by atoms with Gasteiger partial charge in [0.15, 0.2) is 5.84 Å². The summed E-state index contributed by atoms with van der Waals surface area (Å²) in [6.07, 6.45) is 3.76. The monoisotopic (exact) mass is 255 g/mol. The molecule has 0 spiro atoms. The molecule has 2 unspecified atom stereocenters. The van der Waals surface area contributed by atoms with Crippen molar-refractivity contribution >= 4 is 11.7 Å². The van der Waals surface area contributed by atoms with Gasteiger partial charge in [-0.1, -0.05) is 19.0 Å². The summed E-state index contributed by atoms with van der Waals surface area (Å²) in [6, 6.07) is 0. The van der Waals surface area contributed by atoms with E-state index in [1.165, 1.54) is 0 Å². The Bertz CT molecular complexity index is 330. The Labute approximate surface area is 109 Å². The Kier molecular flexibility index (Phi) is 4.99. The van der Waals surface area contributed by atoms with Crippen LogP contribution < -0.4 is 5.73 Å². The van der Waals surface area contributed by atoms with Gasteiger partial charge in [0.05, 0.1) is 0 Å². The molecule has 0 bridgehead atoms. The summed E-state index contributed by atoms with van der Waals surface area (Å²) in [5.41, 5.74) is 4.80. The Hall–Kier alpha value is -1.26. The number of oxime groups is 1. The van der Waals surface area contributed by atoms with E-state index in [0.717, 1.165) is 32.4 Å². The third-order valence-corrected chi connectivity index (χ3v) is 4.16. The standard InChI is InChI=1S/C13H25N3O2/c1-4-13(3,11(14)15-18)12(17)16-8-5-6-10(2)7-9-16/h10,18H,4-9H2,1-3H3,(H2,14,15).